The summed E-state index contributed by atoms with van der Waals surface area (Å²) in [4.78, 5) is 17.0. The van der Waals surface area contributed by atoms with E-state index in [1.807, 2.05) is 20.8 Å². The largest absolute Gasteiger partial charge is 0.508 e. The molecule has 8 heteroatoms. The summed E-state index contributed by atoms with van der Waals surface area (Å²) >= 11 is 0. The van der Waals surface area contributed by atoms with Crippen LogP contribution in [0.1, 0.15) is 26.3 Å². The molecule has 146 valence electrons. The number of phenols is 1. The summed E-state index contributed by atoms with van der Waals surface area (Å²) in [6.45, 7) is 5.68. The smallest absolute Gasteiger partial charge is 0.231 e. The number of guanidine groups is 1. The molecular weight excluding hydrogens is 361 g/mol. The third-order valence-corrected chi connectivity index (χ3v) is 3.79. The molecule has 0 radical (unpaired) electrons. The van der Waals surface area contributed by atoms with Gasteiger partial charge in [0, 0.05) is 5.39 Å². The van der Waals surface area contributed by atoms with Crippen LogP contribution in [0.4, 0.5) is 10.2 Å². The second-order valence-corrected chi connectivity index (χ2v) is 7.38. The molecule has 3 aromatic rings. The van der Waals surface area contributed by atoms with Crippen molar-refractivity contribution in [2.24, 2.45) is 4.99 Å². The number of fused-ring (bicyclic) bond motifs is 1. The van der Waals surface area contributed by atoms with Crippen LogP contribution in [0.3, 0.4) is 0 Å². The molecule has 1 heterocycles. The van der Waals surface area contributed by atoms with E-state index in [-0.39, 0.29) is 29.6 Å². The maximum absolute atomic E-state index is 13.9. The lowest BCUT2D eigenvalue weighted by molar-refractivity contribution is -0.119. The highest BCUT2D eigenvalue weighted by Crippen LogP contribution is 2.22. The lowest BCUT2D eigenvalue weighted by Crippen LogP contribution is -2.39. The monoisotopic (exact) mass is 383 g/mol. The number of para-hydroxylation sites is 1. The molecule has 4 N–H and O–H groups in total. The van der Waals surface area contributed by atoms with Crippen molar-refractivity contribution in [3.8, 4) is 5.75 Å². The van der Waals surface area contributed by atoms with Crippen molar-refractivity contribution >= 4 is 28.6 Å². The van der Waals surface area contributed by atoms with Gasteiger partial charge in [0.05, 0.1) is 12.0 Å². The SMILES string of the molecule is CC(C)(C)N=C(NC(=O)Cc1ccc(O)cc1)Nc1n[nH]c2c(F)cccc12. The van der Waals surface area contributed by atoms with E-state index >= 15 is 0 Å². The molecule has 0 unspecified atom stereocenters. The fourth-order valence-corrected chi connectivity index (χ4v) is 2.61. The third-order valence-electron chi connectivity index (χ3n) is 3.79. The number of aromatic nitrogens is 2. The summed E-state index contributed by atoms with van der Waals surface area (Å²) < 4.78 is 13.9. The molecule has 0 saturated carbocycles. The van der Waals surface area contributed by atoms with Gasteiger partial charge in [-0.25, -0.2) is 9.38 Å². The van der Waals surface area contributed by atoms with E-state index in [1.165, 1.54) is 18.2 Å². The van der Waals surface area contributed by atoms with E-state index < -0.39 is 11.4 Å². The van der Waals surface area contributed by atoms with Crippen LogP contribution in [0.2, 0.25) is 0 Å². The second-order valence-electron chi connectivity index (χ2n) is 7.38. The minimum atomic E-state index is -0.467. The topological polar surface area (TPSA) is 102 Å². The minimum absolute atomic E-state index is 0.112. The molecule has 1 aromatic heterocycles. The summed E-state index contributed by atoms with van der Waals surface area (Å²) in [6, 6.07) is 11.0. The number of carbonyl (C=O) groups is 1. The Hall–Kier alpha value is -3.42. The van der Waals surface area contributed by atoms with Gasteiger partial charge in [-0.3, -0.25) is 15.2 Å². The lowest BCUT2D eigenvalue weighted by atomic mass is 10.1. The van der Waals surface area contributed by atoms with E-state index in [0.29, 0.717) is 11.2 Å². The van der Waals surface area contributed by atoms with Crippen molar-refractivity contribution in [2.45, 2.75) is 32.7 Å². The van der Waals surface area contributed by atoms with Gasteiger partial charge in [-0.1, -0.05) is 18.2 Å². The van der Waals surface area contributed by atoms with E-state index in [2.05, 4.69) is 25.8 Å². The summed E-state index contributed by atoms with van der Waals surface area (Å²) in [5, 5.41) is 22.4. The Morgan fingerprint density at radius 1 is 1.21 bits per heavy atom. The number of hydrogen-bond acceptors (Lipinski definition) is 4. The molecule has 7 nitrogen and oxygen atoms in total. The van der Waals surface area contributed by atoms with Crippen LogP contribution in [-0.4, -0.2) is 32.7 Å². The van der Waals surface area contributed by atoms with Crippen molar-refractivity contribution in [1.82, 2.24) is 15.5 Å². The number of aliphatic imine (C=N–C) groups is 1. The zero-order valence-corrected chi connectivity index (χ0v) is 15.9. The molecule has 0 aliphatic rings. The van der Waals surface area contributed by atoms with Gasteiger partial charge < -0.3 is 10.4 Å². The summed E-state index contributed by atoms with van der Waals surface area (Å²) in [5.74, 6) is 0.0192. The van der Waals surface area contributed by atoms with Crippen LogP contribution >= 0.6 is 0 Å². The molecule has 0 bridgehead atoms. The molecule has 2 aromatic carbocycles. The van der Waals surface area contributed by atoms with E-state index in [4.69, 9.17) is 0 Å². The molecule has 0 aliphatic heterocycles. The Balaban J connectivity index is 1.81. The first-order chi connectivity index (χ1) is 13.2. The minimum Gasteiger partial charge on any atom is -0.508 e. The second kappa shape index (κ2) is 7.67. The zero-order chi connectivity index (χ0) is 20.3. The number of halogens is 1. The maximum atomic E-state index is 13.9. The van der Waals surface area contributed by atoms with Gasteiger partial charge in [0.25, 0.3) is 0 Å². The summed E-state index contributed by atoms with van der Waals surface area (Å²) in [5.41, 5.74) is 0.555. The Bertz CT molecular complexity index is 1020. The molecule has 0 aliphatic carbocycles. The Morgan fingerprint density at radius 3 is 2.61 bits per heavy atom. The number of nitrogens with zero attached hydrogens (tertiary/aromatic N) is 2. The summed E-state index contributed by atoms with van der Waals surface area (Å²) in [7, 11) is 0. The standard InChI is InChI=1S/C20H22FN5O2/c1-20(2,3)24-19(22-16(28)11-12-7-9-13(27)10-8-12)23-18-14-5-4-6-15(21)17(14)25-26-18/h4-10,27H,11H2,1-3H3,(H3,22,23,24,25,26,28). The number of amides is 1. The Labute approximate surface area is 161 Å². The van der Waals surface area contributed by atoms with Gasteiger partial charge in [0.1, 0.15) is 17.1 Å². The number of benzene rings is 2. The first-order valence-corrected chi connectivity index (χ1v) is 8.78. The quantitative estimate of drug-likeness (QED) is 0.411. The highest BCUT2D eigenvalue weighted by atomic mass is 19.1. The fraction of sp³-hybridized carbons (Fsp3) is 0.250. The van der Waals surface area contributed by atoms with Gasteiger partial charge in [0.2, 0.25) is 11.9 Å². The van der Waals surface area contributed by atoms with Gasteiger partial charge in [-0.2, -0.15) is 5.10 Å². The Morgan fingerprint density at radius 2 is 1.93 bits per heavy atom. The predicted octanol–water partition coefficient (Wildman–Crippen LogP) is 3.33. The van der Waals surface area contributed by atoms with Gasteiger partial charge in [-0.05, 0) is 50.6 Å². The number of hydrogen-bond donors (Lipinski definition) is 4. The van der Waals surface area contributed by atoms with Gasteiger partial charge >= 0.3 is 0 Å². The first kappa shape index (κ1) is 19.3. The van der Waals surface area contributed by atoms with E-state index in [9.17, 15) is 14.3 Å². The first-order valence-electron chi connectivity index (χ1n) is 8.78. The van der Waals surface area contributed by atoms with Crippen molar-refractivity contribution in [2.75, 3.05) is 5.32 Å². The zero-order valence-electron chi connectivity index (χ0n) is 15.9. The van der Waals surface area contributed by atoms with Crippen molar-refractivity contribution in [1.29, 1.82) is 0 Å². The molecule has 0 spiro atoms. The predicted molar refractivity (Wildman–Crippen MR) is 107 cm³/mol. The molecule has 3 rings (SSSR count). The summed E-state index contributed by atoms with van der Waals surface area (Å²) in [6.07, 6.45) is 0.112. The van der Waals surface area contributed by atoms with Crippen LogP contribution < -0.4 is 10.6 Å². The highest BCUT2D eigenvalue weighted by molar-refractivity contribution is 6.07. The van der Waals surface area contributed by atoms with Crippen LogP contribution in [0.15, 0.2) is 47.5 Å². The Kier molecular flexibility index (Phi) is 5.30. The number of H-pyrrole nitrogens is 1. The molecule has 0 saturated heterocycles. The number of rotatable bonds is 3. The average molecular weight is 383 g/mol. The number of aromatic hydroxyl groups is 1. The average Bonchev–Trinajstić information content (AvgIpc) is 3.00. The normalized spacial score (nSPS) is 12.2. The molecule has 0 atom stereocenters. The van der Waals surface area contributed by atoms with Crippen molar-refractivity contribution < 1.29 is 14.3 Å². The number of phenolic OH excluding ortho intramolecular Hbond substituents is 1. The van der Waals surface area contributed by atoms with Crippen molar-refractivity contribution in [3.63, 3.8) is 0 Å². The maximum Gasteiger partial charge on any atom is 0.231 e. The number of aromatic amines is 1. The van der Waals surface area contributed by atoms with E-state index in [1.54, 1.807) is 24.3 Å². The number of nitrogens with one attached hydrogen (secondary N) is 3. The van der Waals surface area contributed by atoms with Crippen LogP contribution in [0.25, 0.3) is 10.9 Å². The fourth-order valence-electron chi connectivity index (χ4n) is 2.61. The molecule has 1 amide bonds. The van der Waals surface area contributed by atoms with Crippen molar-refractivity contribution in [3.05, 3.63) is 53.8 Å². The van der Waals surface area contributed by atoms with Gasteiger partial charge in [-0.15, -0.1) is 0 Å². The number of carbonyl (C=O) groups excluding carboxylic acids is 1. The van der Waals surface area contributed by atoms with Gasteiger partial charge in [0.15, 0.2) is 5.82 Å². The van der Waals surface area contributed by atoms with Crippen LogP contribution in [0.5, 0.6) is 5.75 Å². The lowest BCUT2D eigenvalue weighted by Gasteiger charge is -2.17. The highest BCUT2D eigenvalue weighted by Gasteiger charge is 2.16. The molecule has 28 heavy (non-hydrogen) atoms. The van der Waals surface area contributed by atoms with Crippen LogP contribution in [-0.2, 0) is 11.2 Å². The molecular formula is C20H22FN5O2. The van der Waals surface area contributed by atoms with E-state index in [0.717, 1.165) is 5.56 Å². The third kappa shape index (κ3) is 4.85. The number of anilines is 1. The van der Waals surface area contributed by atoms with Crippen LogP contribution in [0, 0.1) is 5.82 Å². The molecule has 0 fully saturated rings.